The maximum atomic E-state index is 12.8. The molecule has 6 rings (SSSR count). The molecule has 4 heterocycles. The molecule has 1 aliphatic rings. The van der Waals surface area contributed by atoms with Crippen LogP contribution in [0.1, 0.15) is 22.6 Å². The van der Waals surface area contributed by atoms with Gasteiger partial charge in [0.15, 0.2) is 5.65 Å². The first-order valence-electron chi connectivity index (χ1n) is 9.98. The monoisotopic (exact) mass is 396 g/mol. The Hall–Kier alpha value is -3.71. The third-order valence-electron chi connectivity index (χ3n) is 5.98. The highest BCUT2D eigenvalue weighted by atomic mass is 16.2. The first kappa shape index (κ1) is 17.2. The smallest absolute Gasteiger partial charge is 0.301 e. The first-order chi connectivity index (χ1) is 14.7. The number of nitrogens with one attached hydrogen (secondary N) is 1. The highest BCUT2D eigenvalue weighted by Gasteiger charge is 2.26. The lowest BCUT2D eigenvalue weighted by Gasteiger charge is -2.33. The van der Waals surface area contributed by atoms with E-state index in [1.807, 2.05) is 30.5 Å². The van der Waals surface area contributed by atoms with E-state index < -0.39 is 0 Å². The fourth-order valence-corrected chi connectivity index (χ4v) is 4.52. The van der Waals surface area contributed by atoms with E-state index in [4.69, 9.17) is 0 Å². The number of aromatic nitrogens is 5. The molecule has 0 aliphatic carbocycles. The number of likely N-dealkylation sites (N-methyl/N-ethyl adjacent to an activating group) is 1. The van der Waals surface area contributed by atoms with Gasteiger partial charge in [-0.05, 0) is 54.1 Å². The quantitative estimate of drug-likeness (QED) is 0.498. The molecule has 7 nitrogen and oxygen atoms in total. The molecule has 0 bridgehead atoms. The second-order valence-electron chi connectivity index (χ2n) is 7.97. The molecule has 0 amide bonds. The van der Waals surface area contributed by atoms with Crippen LogP contribution in [0.15, 0.2) is 71.8 Å². The zero-order valence-electron chi connectivity index (χ0n) is 16.5. The van der Waals surface area contributed by atoms with Crippen LogP contribution >= 0.6 is 0 Å². The number of fused-ring (bicyclic) bond motifs is 3. The number of rotatable bonds is 2. The summed E-state index contributed by atoms with van der Waals surface area (Å²) in [7, 11) is 2.13. The van der Waals surface area contributed by atoms with Crippen molar-refractivity contribution in [2.45, 2.75) is 12.5 Å². The van der Waals surface area contributed by atoms with Crippen molar-refractivity contribution in [3.63, 3.8) is 0 Å². The molecule has 0 saturated heterocycles. The molecule has 1 aliphatic heterocycles. The fraction of sp³-hybridized carbons (Fsp3) is 0.174. The van der Waals surface area contributed by atoms with Crippen molar-refractivity contribution in [2.24, 2.45) is 0 Å². The molecule has 3 aromatic heterocycles. The summed E-state index contributed by atoms with van der Waals surface area (Å²) >= 11 is 0. The number of hydrogen-bond donors (Lipinski definition) is 1. The van der Waals surface area contributed by atoms with E-state index in [0.717, 1.165) is 29.7 Å². The predicted octanol–water partition coefficient (Wildman–Crippen LogP) is 2.94. The Morgan fingerprint density at radius 2 is 2.03 bits per heavy atom. The van der Waals surface area contributed by atoms with E-state index >= 15 is 0 Å². The van der Waals surface area contributed by atoms with Gasteiger partial charge in [-0.2, -0.15) is 9.78 Å². The van der Waals surface area contributed by atoms with Crippen molar-refractivity contribution in [3.05, 3.63) is 94.2 Å². The SMILES string of the molecule is CN1Cc2cc(-n3nc4ccccn4c3=O)ccc2C(c2ccc3cn[nH]c3c2)C1. The minimum absolute atomic E-state index is 0.157. The fourth-order valence-electron chi connectivity index (χ4n) is 4.52. The van der Waals surface area contributed by atoms with Gasteiger partial charge in [0.1, 0.15) is 0 Å². The summed E-state index contributed by atoms with van der Waals surface area (Å²) in [5.41, 5.74) is 6.11. The summed E-state index contributed by atoms with van der Waals surface area (Å²) in [6, 6.07) is 18.3. The van der Waals surface area contributed by atoms with E-state index in [1.165, 1.54) is 21.4 Å². The Kier molecular flexibility index (Phi) is 3.66. The summed E-state index contributed by atoms with van der Waals surface area (Å²) in [6.45, 7) is 1.79. The number of H-pyrrole nitrogens is 1. The van der Waals surface area contributed by atoms with Crippen LogP contribution < -0.4 is 5.69 Å². The highest BCUT2D eigenvalue weighted by molar-refractivity contribution is 5.78. The topological polar surface area (TPSA) is 71.2 Å². The lowest BCUT2D eigenvalue weighted by atomic mass is 9.84. The predicted molar refractivity (Wildman–Crippen MR) is 115 cm³/mol. The third-order valence-corrected chi connectivity index (χ3v) is 5.98. The Labute approximate surface area is 172 Å². The summed E-state index contributed by atoms with van der Waals surface area (Å²) in [6.07, 6.45) is 3.59. The molecule has 0 saturated carbocycles. The summed E-state index contributed by atoms with van der Waals surface area (Å²) < 4.78 is 3.05. The van der Waals surface area contributed by atoms with E-state index in [2.05, 4.69) is 57.6 Å². The second-order valence-corrected chi connectivity index (χ2v) is 7.97. The van der Waals surface area contributed by atoms with Crippen molar-refractivity contribution in [1.29, 1.82) is 0 Å². The molecule has 30 heavy (non-hydrogen) atoms. The Morgan fingerprint density at radius 3 is 2.93 bits per heavy atom. The first-order valence-corrected chi connectivity index (χ1v) is 9.98. The van der Waals surface area contributed by atoms with Gasteiger partial charge in [0.25, 0.3) is 0 Å². The molecule has 0 radical (unpaired) electrons. The normalized spacial score (nSPS) is 16.9. The minimum atomic E-state index is -0.157. The van der Waals surface area contributed by atoms with Crippen LogP contribution in [0.5, 0.6) is 0 Å². The van der Waals surface area contributed by atoms with Gasteiger partial charge >= 0.3 is 5.69 Å². The van der Waals surface area contributed by atoms with Crippen LogP contribution in [0.25, 0.3) is 22.2 Å². The maximum absolute atomic E-state index is 12.8. The summed E-state index contributed by atoms with van der Waals surface area (Å²) in [4.78, 5) is 15.1. The largest absolute Gasteiger partial charge is 0.355 e. The molecule has 1 unspecified atom stereocenters. The molecule has 5 aromatic rings. The van der Waals surface area contributed by atoms with E-state index in [1.54, 1.807) is 10.6 Å². The van der Waals surface area contributed by atoms with Gasteiger partial charge in [-0.15, -0.1) is 5.10 Å². The number of benzene rings is 2. The van der Waals surface area contributed by atoms with Crippen molar-refractivity contribution in [2.75, 3.05) is 13.6 Å². The lowest BCUT2D eigenvalue weighted by molar-refractivity contribution is 0.295. The molecular weight excluding hydrogens is 376 g/mol. The van der Waals surface area contributed by atoms with Gasteiger partial charge in [0.2, 0.25) is 0 Å². The lowest BCUT2D eigenvalue weighted by Crippen LogP contribution is -2.31. The van der Waals surface area contributed by atoms with E-state index in [0.29, 0.717) is 5.65 Å². The molecule has 148 valence electrons. The van der Waals surface area contributed by atoms with Gasteiger partial charge in [-0.3, -0.25) is 5.10 Å². The zero-order chi connectivity index (χ0) is 20.2. The molecular formula is C23H20N6O. The van der Waals surface area contributed by atoms with E-state index in [9.17, 15) is 4.79 Å². The summed E-state index contributed by atoms with van der Waals surface area (Å²) in [5.74, 6) is 0.262. The van der Waals surface area contributed by atoms with Gasteiger partial charge < -0.3 is 4.90 Å². The molecule has 0 spiro atoms. The van der Waals surface area contributed by atoms with Crippen LogP contribution in [-0.2, 0) is 6.54 Å². The number of aromatic amines is 1. The van der Waals surface area contributed by atoms with Gasteiger partial charge in [-0.1, -0.05) is 24.3 Å². The molecule has 0 fully saturated rings. The molecule has 2 aromatic carbocycles. The van der Waals surface area contributed by atoms with E-state index in [-0.39, 0.29) is 11.6 Å². The average molecular weight is 396 g/mol. The van der Waals surface area contributed by atoms with Crippen molar-refractivity contribution >= 4 is 16.6 Å². The Bertz CT molecular complexity index is 1460. The van der Waals surface area contributed by atoms with Gasteiger partial charge in [-0.25, -0.2) is 9.20 Å². The zero-order valence-corrected chi connectivity index (χ0v) is 16.5. The standard InChI is InChI=1S/C23H20N6O/c1-27-13-17-10-18(29-23(30)28-9-3-2-4-22(28)26-29)7-8-19(17)20(14-27)15-5-6-16-12-24-25-21(16)11-15/h2-12,20H,13-14H2,1H3,(H,24,25). The van der Waals surface area contributed by atoms with Crippen molar-refractivity contribution in [3.8, 4) is 5.69 Å². The number of pyridine rings is 1. The van der Waals surface area contributed by atoms with Crippen molar-refractivity contribution in [1.82, 2.24) is 29.3 Å². The second kappa shape index (κ2) is 6.40. The maximum Gasteiger partial charge on any atom is 0.355 e. The Balaban J connectivity index is 1.46. The van der Waals surface area contributed by atoms with Gasteiger partial charge in [0.05, 0.1) is 17.4 Å². The third kappa shape index (κ3) is 2.59. The van der Waals surface area contributed by atoms with Crippen molar-refractivity contribution < 1.29 is 0 Å². The number of hydrogen-bond acceptors (Lipinski definition) is 4. The number of nitrogens with zero attached hydrogens (tertiary/aromatic N) is 5. The van der Waals surface area contributed by atoms with Gasteiger partial charge in [0, 0.05) is 30.6 Å². The summed E-state index contributed by atoms with van der Waals surface area (Å²) in [5, 5.41) is 12.8. The molecule has 1 N–H and O–H groups in total. The molecule has 7 heteroatoms. The van der Waals surface area contributed by atoms with Crippen LogP contribution in [0.2, 0.25) is 0 Å². The van der Waals surface area contributed by atoms with Crippen LogP contribution in [0.3, 0.4) is 0 Å². The molecule has 1 atom stereocenters. The Morgan fingerprint density at radius 1 is 1.10 bits per heavy atom. The van der Waals surface area contributed by atoms with Crippen LogP contribution in [0, 0.1) is 0 Å². The highest BCUT2D eigenvalue weighted by Crippen LogP contribution is 2.34. The average Bonchev–Trinajstić information content (AvgIpc) is 3.37. The van der Waals surface area contributed by atoms with Crippen LogP contribution in [0.4, 0.5) is 0 Å². The minimum Gasteiger partial charge on any atom is -0.301 e. The van der Waals surface area contributed by atoms with Crippen LogP contribution in [-0.4, -0.2) is 42.9 Å².